The molecule has 2 rings (SSSR count). The summed E-state index contributed by atoms with van der Waals surface area (Å²) in [7, 11) is 4.04. The molecule has 4 amide bonds. The molecule has 0 aromatic heterocycles. The molecule has 2 saturated heterocycles. The van der Waals surface area contributed by atoms with Gasteiger partial charge in [-0.3, -0.25) is 43.2 Å². The first kappa shape index (κ1) is 72.0. The van der Waals surface area contributed by atoms with E-state index < -0.39 is 29.0 Å². The highest BCUT2D eigenvalue weighted by atomic mass is 33.1. The van der Waals surface area contributed by atoms with Crippen molar-refractivity contribution in [2.75, 3.05) is 23.0 Å². The quantitative estimate of drug-likeness (QED) is 0.0488. The first-order chi connectivity index (χ1) is 28.2. The summed E-state index contributed by atoms with van der Waals surface area (Å²) in [4.78, 5) is 103. The first-order valence-electron chi connectivity index (χ1n) is 21.1. The summed E-state index contributed by atoms with van der Waals surface area (Å²) in [6, 6.07) is -2.17. The maximum atomic E-state index is 12.3. The fourth-order valence-corrected chi connectivity index (χ4v) is 10.1. The first-order valence-corrected chi connectivity index (χ1v) is 25.8. The van der Waals surface area contributed by atoms with Gasteiger partial charge in [-0.2, -0.15) is 25.3 Å². The van der Waals surface area contributed by atoms with Crippen LogP contribution in [0, 0.1) is 21.7 Å². The van der Waals surface area contributed by atoms with Crippen LogP contribution in [0.1, 0.15) is 171 Å². The standard InChI is InChI=1S/C14H24N2O4S2.C12H22OS2.C9H17NO2S.C9H15NO2.3CH4/c1-8(17)15-10(6-21)13(20)22-7-11(16-9(2)18)12(19)14(3,4)5;1-12(2,3)11(13)7-5-4-6-10-8-9-14-15-10;1-6(11)10-7(5-13)8(12)9(2,3)4;1-9(2,3)8(12)6-4-5-7(11)10-6;;;/h10-11,21H,6-7H2,1-5H3,(H,15,17)(H,16,18);10H,4-9H2,1-3H3;7,13H,5H2,1-4H3,(H,10,11);6H,4-5H2,1-3H3,(H,10,11);3*1H4. The second-order valence-electron chi connectivity index (χ2n) is 19.5. The number of amides is 4. The number of Topliss-reactive ketones (excluding diaryl/α,β-unsaturated/α-hetero) is 4. The van der Waals surface area contributed by atoms with E-state index in [1.165, 1.54) is 45.8 Å². The number of ketones is 4. The van der Waals surface area contributed by atoms with Crippen LogP contribution in [0.4, 0.5) is 0 Å². The van der Waals surface area contributed by atoms with Gasteiger partial charge in [0.15, 0.2) is 17.3 Å². The van der Waals surface area contributed by atoms with Gasteiger partial charge in [0.25, 0.3) is 0 Å². The summed E-state index contributed by atoms with van der Waals surface area (Å²) in [5.41, 5.74) is -1.55. The Balaban J connectivity index is -0.000000249. The zero-order valence-electron chi connectivity index (χ0n) is 40.0. The Morgan fingerprint density at radius 3 is 1.46 bits per heavy atom. The van der Waals surface area contributed by atoms with E-state index in [1.807, 2.05) is 83.9 Å². The molecule has 0 radical (unpaired) electrons. The minimum Gasteiger partial charge on any atom is -0.346 e. The third-order valence-electron chi connectivity index (χ3n) is 9.08. The summed E-state index contributed by atoms with van der Waals surface area (Å²) in [5, 5.41) is 10.9. The molecule has 2 aliphatic heterocycles. The Morgan fingerprint density at radius 1 is 0.662 bits per heavy atom. The molecular weight excluding hydrogens is 925 g/mol. The third kappa shape index (κ3) is 33.2. The molecule has 2 fully saturated rings. The van der Waals surface area contributed by atoms with Crippen LogP contribution in [0.2, 0.25) is 0 Å². The van der Waals surface area contributed by atoms with E-state index >= 15 is 0 Å². The number of rotatable bonds is 16. The molecule has 382 valence electrons. The number of unbranched alkanes of at least 4 members (excludes halogenated alkanes) is 1. The molecule has 2 heterocycles. The molecule has 5 unspecified atom stereocenters. The van der Waals surface area contributed by atoms with E-state index in [1.54, 1.807) is 20.8 Å². The van der Waals surface area contributed by atoms with Crippen molar-refractivity contribution >= 4 is 110 Å². The van der Waals surface area contributed by atoms with Gasteiger partial charge in [-0.25, -0.2) is 0 Å². The minimum atomic E-state index is -0.746. The molecule has 13 nitrogen and oxygen atoms in total. The van der Waals surface area contributed by atoms with Gasteiger partial charge in [0.2, 0.25) is 28.7 Å². The van der Waals surface area contributed by atoms with Crippen LogP contribution >= 0.6 is 58.6 Å². The van der Waals surface area contributed by atoms with E-state index in [4.69, 9.17) is 0 Å². The maximum absolute atomic E-state index is 12.3. The second kappa shape index (κ2) is 34.3. The SMILES string of the molecule is C.C.C.CC(=O)NC(CS)C(=O)C(C)(C)C.CC(=O)NC(CS)C(=O)SCC(NC(C)=O)C(=O)C(C)(C)C.CC(C)(C)C(=O)C1CCC(=O)N1.CC(C)(C)C(=O)CCCCC1CCSS1. The van der Waals surface area contributed by atoms with Crippen LogP contribution in [0.5, 0.6) is 0 Å². The van der Waals surface area contributed by atoms with E-state index in [9.17, 15) is 43.2 Å². The number of carbonyl (C=O) groups excluding carboxylic acids is 9. The Kier molecular flexibility index (Phi) is 38.0. The smallest absolute Gasteiger partial charge is 0.220 e. The van der Waals surface area contributed by atoms with Crippen molar-refractivity contribution in [2.45, 2.75) is 200 Å². The average molecular weight is 1020 g/mol. The molecule has 0 spiro atoms. The minimum absolute atomic E-state index is 0. The number of nitrogens with one attached hydrogen (secondary N) is 4. The maximum Gasteiger partial charge on any atom is 0.220 e. The summed E-state index contributed by atoms with van der Waals surface area (Å²) in [5.74, 6) is 1.51. The Labute approximate surface area is 417 Å². The Morgan fingerprint density at radius 2 is 1.11 bits per heavy atom. The predicted octanol–water partition coefficient (Wildman–Crippen LogP) is 8.94. The lowest BCUT2D eigenvalue weighted by Gasteiger charge is -2.25. The lowest BCUT2D eigenvalue weighted by atomic mass is 9.86. The van der Waals surface area contributed by atoms with Gasteiger partial charge in [0.05, 0.1) is 18.1 Å². The van der Waals surface area contributed by atoms with Crippen molar-refractivity contribution in [3.05, 3.63) is 0 Å². The van der Waals surface area contributed by atoms with Crippen LogP contribution in [-0.4, -0.2) is 104 Å². The van der Waals surface area contributed by atoms with Crippen LogP contribution in [0.25, 0.3) is 0 Å². The molecule has 0 aromatic carbocycles. The van der Waals surface area contributed by atoms with E-state index in [0.717, 1.165) is 29.9 Å². The van der Waals surface area contributed by atoms with Crippen molar-refractivity contribution < 1.29 is 43.2 Å². The third-order valence-corrected chi connectivity index (χ3v) is 13.9. The van der Waals surface area contributed by atoms with Crippen LogP contribution in [0.15, 0.2) is 0 Å². The molecule has 18 heteroatoms. The second-order valence-corrected chi connectivity index (χ2v) is 24.0. The zero-order valence-corrected chi connectivity index (χ0v) is 44.2. The van der Waals surface area contributed by atoms with Crippen LogP contribution in [0.3, 0.4) is 0 Å². The summed E-state index contributed by atoms with van der Waals surface area (Å²) < 4.78 is 0. The lowest BCUT2D eigenvalue weighted by Crippen LogP contribution is -2.47. The fourth-order valence-electron chi connectivity index (χ4n) is 5.53. The fraction of sp³-hybridized carbons (Fsp3) is 0.809. The van der Waals surface area contributed by atoms with Gasteiger partial charge in [0.1, 0.15) is 11.8 Å². The highest BCUT2D eigenvalue weighted by molar-refractivity contribution is 8.77. The Bertz CT molecular complexity index is 1510. The summed E-state index contributed by atoms with van der Waals surface area (Å²) in [6.45, 7) is 26.4. The van der Waals surface area contributed by atoms with Gasteiger partial charge in [-0.15, -0.1) is 0 Å². The normalized spacial score (nSPS) is 16.9. The molecule has 0 aliphatic carbocycles. The molecule has 0 bridgehead atoms. The Hall–Kier alpha value is -2.02. The molecule has 65 heavy (non-hydrogen) atoms. The van der Waals surface area contributed by atoms with E-state index in [0.29, 0.717) is 24.4 Å². The largest absolute Gasteiger partial charge is 0.346 e. The predicted molar refractivity (Wildman–Crippen MR) is 284 cm³/mol. The number of hydrogen-bond acceptors (Lipinski definition) is 14. The zero-order chi connectivity index (χ0) is 48.8. The van der Waals surface area contributed by atoms with Gasteiger partial charge in [-0.1, -0.05) is 145 Å². The highest BCUT2D eigenvalue weighted by Gasteiger charge is 2.34. The summed E-state index contributed by atoms with van der Waals surface area (Å²) in [6.07, 6.45) is 6.89. The van der Waals surface area contributed by atoms with Crippen molar-refractivity contribution in [2.24, 2.45) is 21.7 Å². The monoisotopic (exact) mass is 1010 g/mol. The van der Waals surface area contributed by atoms with Gasteiger partial charge >= 0.3 is 0 Å². The summed E-state index contributed by atoms with van der Waals surface area (Å²) >= 11 is 8.96. The number of carbonyl (C=O) groups is 9. The topological polar surface area (TPSA) is 202 Å². The number of thiol groups is 2. The molecule has 4 N–H and O–H groups in total. The molecule has 5 atom stereocenters. The van der Waals surface area contributed by atoms with Gasteiger partial charge in [0, 0.05) is 83.5 Å². The van der Waals surface area contributed by atoms with Crippen molar-refractivity contribution in [1.82, 2.24) is 21.3 Å². The van der Waals surface area contributed by atoms with Gasteiger partial charge < -0.3 is 21.3 Å². The van der Waals surface area contributed by atoms with Crippen molar-refractivity contribution in [1.29, 1.82) is 0 Å². The molecule has 2 aliphatic rings. The highest BCUT2D eigenvalue weighted by Crippen LogP contribution is 2.40. The van der Waals surface area contributed by atoms with E-state index in [2.05, 4.69) is 46.5 Å². The van der Waals surface area contributed by atoms with Crippen LogP contribution < -0.4 is 21.3 Å². The average Bonchev–Trinajstić information content (AvgIpc) is 3.82. The van der Waals surface area contributed by atoms with Crippen molar-refractivity contribution in [3.63, 3.8) is 0 Å². The number of hydrogen-bond donors (Lipinski definition) is 6. The van der Waals surface area contributed by atoms with Crippen LogP contribution in [-0.2, 0) is 43.2 Å². The molecule has 0 saturated carbocycles. The lowest BCUT2D eigenvalue weighted by molar-refractivity contribution is -0.131. The van der Waals surface area contributed by atoms with Gasteiger partial charge in [-0.05, 0) is 25.7 Å². The molecular formula is C47H90N4O9S5. The number of thioether (sulfide) groups is 1. The van der Waals surface area contributed by atoms with E-state index in [-0.39, 0.29) is 96.8 Å². The molecule has 0 aromatic rings. The van der Waals surface area contributed by atoms with Crippen molar-refractivity contribution in [3.8, 4) is 0 Å².